The maximum atomic E-state index is 10.9. The molecular formula is C12H14O4. The normalized spacial score (nSPS) is 29.9. The van der Waals surface area contributed by atoms with Crippen LogP contribution in [-0.2, 0) is 14.3 Å². The van der Waals surface area contributed by atoms with E-state index in [1.807, 2.05) is 30.3 Å². The van der Waals surface area contributed by atoms with Crippen LogP contribution in [0, 0.1) is 0 Å². The molecule has 4 nitrogen and oxygen atoms in total. The zero-order chi connectivity index (χ0) is 11.6. The summed E-state index contributed by atoms with van der Waals surface area (Å²) < 4.78 is 10.5. The van der Waals surface area contributed by atoms with Gasteiger partial charge in [-0.1, -0.05) is 30.3 Å². The molecule has 4 heteroatoms. The Morgan fingerprint density at radius 2 is 1.88 bits per heavy atom. The quantitative estimate of drug-likeness (QED) is 0.826. The number of rotatable bonds is 2. The average Bonchev–Trinajstić information content (AvgIpc) is 2.31. The van der Waals surface area contributed by atoms with Gasteiger partial charge in [0.05, 0.1) is 13.2 Å². The molecule has 1 fully saturated rings. The first-order valence-electron chi connectivity index (χ1n) is 5.18. The molecule has 1 aromatic rings. The maximum Gasteiger partial charge on any atom is 0.364 e. The van der Waals surface area contributed by atoms with E-state index in [1.165, 1.54) is 6.92 Å². The van der Waals surface area contributed by atoms with Gasteiger partial charge >= 0.3 is 5.97 Å². The van der Waals surface area contributed by atoms with E-state index in [4.69, 9.17) is 14.6 Å². The first kappa shape index (κ1) is 11.1. The summed E-state index contributed by atoms with van der Waals surface area (Å²) in [6.45, 7) is 2.16. The lowest BCUT2D eigenvalue weighted by molar-refractivity contribution is -0.262. The third kappa shape index (κ3) is 2.08. The van der Waals surface area contributed by atoms with Gasteiger partial charge in [-0.05, 0) is 5.56 Å². The smallest absolute Gasteiger partial charge is 0.364 e. The van der Waals surface area contributed by atoms with Crippen LogP contribution in [0.2, 0.25) is 0 Å². The highest BCUT2D eigenvalue weighted by Gasteiger charge is 2.40. The molecule has 0 bridgehead atoms. The number of ether oxygens (including phenoxy) is 2. The summed E-state index contributed by atoms with van der Waals surface area (Å²) in [6.07, 6.45) is 0. The molecule has 1 aliphatic rings. The van der Waals surface area contributed by atoms with Crippen LogP contribution in [0.4, 0.5) is 0 Å². The topological polar surface area (TPSA) is 55.8 Å². The first-order valence-corrected chi connectivity index (χ1v) is 5.18. The van der Waals surface area contributed by atoms with Crippen molar-refractivity contribution in [1.29, 1.82) is 0 Å². The molecule has 16 heavy (non-hydrogen) atoms. The summed E-state index contributed by atoms with van der Waals surface area (Å²) in [7, 11) is 0. The zero-order valence-electron chi connectivity index (χ0n) is 9.05. The molecule has 0 atom stereocenters. The lowest BCUT2D eigenvalue weighted by Gasteiger charge is -2.34. The van der Waals surface area contributed by atoms with Crippen LogP contribution in [0.15, 0.2) is 30.3 Å². The second kappa shape index (κ2) is 4.23. The third-order valence-corrected chi connectivity index (χ3v) is 2.78. The van der Waals surface area contributed by atoms with Crippen molar-refractivity contribution < 1.29 is 19.4 Å². The number of hydrogen-bond acceptors (Lipinski definition) is 3. The van der Waals surface area contributed by atoms with Crippen LogP contribution in [0.25, 0.3) is 0 Å². The fraction of sp³-hybridized carbons (Fsp3) is 0.417. The fourth-order valence-electron chi connectivity index (χ4n) is 1.65. The van der Waals surface area contributed by atoms with Gasteiger partial charge in [-0.15, -0.1) is 0 Å². The zero-order valence-corrected chi connectivity index (χ0v) is 9.05. The minimum Gasteiger partial charge on any atom is -0.477 e. The predicted molar refractivity (Wildman–Crippen MR) is 57.1 cm³/mol. The van der Waals surface area contributed by atoms with E-state index >= 15 is 0 Å². The highest BCUT2D eigenvalue weighted by molar-refractivity contribution is 5.75. The molecule has 0 unspecified atom stereocenters. The molecule has 0 aromatic heterocycles. The van der Waals surface area contributed by atoms with E-state index in [-0.39, 0.29) is 5.92 Å². The van der Waals surface area contributed by atoms with Crippen LogP contribution in [0.3, 0.4) is 0 Å². The molecule has 0 aliphatic carbocycles. The predicted octanol–water partition coefficient (Wildman–Crippen LogP) is 1.62. The fourth-order valence-corrected chi connectivity index (χ4v) is 1.65. The lowest BCUT2D eigenvalue weighted by Crippen LogP contribution is -2.47. The second-order valence-corrected chi connectivity index (χ2v) is 3.98. The average molecular weight is 222 g/mol. The van der Waals surface area contributed by atoms with Gasteiger partial charge in [0.25, 0.3) is 5.79 Å². The van der Waals surface area contributed by atoms with Gasteiger partial charge in [0, 0.05) is 12.8 Å². The maximum absolute atomic E-state index is 10.9. The Hall–Kier alpha value is -1.39. The van der Waals surface area contributed by atoms with Crippen molar-refractivity contribution in [3.05, 3.63) is 35.9 Å². The lowest BCUT2D eigenvalue weighted by atomic mass is 10.00. The third-order valence-electron chi connectivity index (χ3n) is 2.78. The number of carboxylic acids is 1. The summed E-state index contributed by atoms with van der Waals surface area (Å²) in [4.78, 5) is 10.9. The minimum atomic E-state index is -1.49. The molecule has 86 valence electrons. The standard InChI is InChI=1S/C12H14O4/c1-12(11(13)14)15-7-10(8-16-12)9-5-3-2-4-6-9/h2-6,10H,7-8H2,1H3,(H,13,14). The molecule has 0 saturated carbocycles. The molecule has 1 aromatic carbocycles. The van der Waals surface area contributed by atoms with E-state index in [0.717, 1.165) is 5.56 Å². The van der Waals surface area contributed by atoms with Crippen molar-refractivity contribution in [3.8, 4) is 0 Å². The van der Waals surface area contributed by atoms with E-state index in [0.29, 0.717) is 13.2 Å². The second-order valence-electron chi connectivity index (χ2n) is 3.98. The van der Waals surface area contributed by atoms with Gasteiger partial charge in [0.1, 0.15) is 0 Å². The van der Waals surface area contributed by atoms with Crippen molar-refractivity contribution in [1.82, 2.24) is 0 Å². The Balaban J connectivity index is 2.03. The number of benzene rings is 1. The van der Waals surface area contributed by atoms with E-state index in [1.54, 1.807) is 0 Å². The van der Waals surface area contributed by atoms with Gasteiger partial charge in [-0.25, -0.2) is 4.79 Å². The monoisotopic (exact) mass is 222 g/mol. The van der Waals surface area contributed by atoms with Gasteiger partial charge < -0.3 is 14.6 Å². The van der Waals surface area contributed by atoms with Crippen LogP contribution < -0.4 is 0 Å². The van der Waals surface area contributed by atoms with Crippen molar-refractivity contribution in [2.45, 2.75) is 18.6 Å². The molecule has 1 heterocycles. The Kier molecular flexibility index (Phi) is 2.94. The first-order chi connectivity index (χ1) is 7.62. The van der Waals surface area contributed by atoms with E-state index in [9.17, 15) is 4.79 Å². The largest absolute Gasteiger partial charge is 0.477 e. The summed E-state index contributed by atoms with van der Waals surface area (Å²) >= 11 is 0. The van der Waals surface area contributed by atoms with Crippen molar-refractivity contribution in [3.63, 3.8) is 0 Å². The number of aliphatic carboxylic acids is 1. The summed E-state index contributed by atoms with van der Waals surface area (Å²) in [5.41, 5.74) is 1.11. The highest BCUT2D eigenvalue weighted by atomic mass is 16.7. The van der Waals surface area contributed by atoms with E-state index < -0.39 is 11.8 Å². The van der Waals surface area contributed by atoms with Gasteiger partial charge in [-0.2, -0.15) is 0 Å². The molecule has 1 N–H and O–H groups in total. The molecule has 2 rings (SSSR count). The number of carboxylic acid groups (broad SMARTS) is 1. The Labute approximate surface area is 93.8 Å². The summed E-state index contributed by atoms with van der Waals surface area (Å²) in [5.74, 6) is -2.47. The molecule has 0 spiro atoms. The van der Waals surface area contributed by atoms with Crippen molar-refractivity contribution >= 4 is 5.97 Å². The summed E-state index contributed by atoms with van der Waals surface area (Å²) in [5, 5.41) is 8.90. The highest BCUT2D eigenvalue weighted by Crippen LogP contribution is 2.27. The SMILES string of the molecule is CC1(C(=O)O)OCC(c2ccccc2)CO1. The van der Waals surface area contributed by atoms with E-state index in [2.05, 4.69) is 0 Å². The van der Waals surface area contributed by atoms with Crippen LogP contribution in [0.1, 0.15) is 18.4 Å². The van der Waals surface area contributed by atoms with Crippen molar-refractivity contribution in [2.24, 2.45) is 0 Å². The molecule has 0 amide bonds. The Morgan fingerprint density at radius 1 is 1.31 bits per heavy atom. The summed E-state index contributed by atoms with van der Waals surface area (Å²) in [6, 6.07) is 9.80. The van der Waals surface area contributed by atoms with Crippen LogP contribution >= 0.6 is 0 Å². The molecular weight excluding hydrogens is 208 g/mol. The van der Waals surface area contributed by atoms with Gasteiger partial charge in [0.15, 0.2) is 0 Å². The molecule has 1 aliphatic heterocycles. The Morgan fingerprint density at radius 3 is 2.38 bits per heavy atom. The van der Waals surface area contributed by atoms with Gasteiger partial charge in [-0.3, -0.25) is 0 Å². The van der Waals surface area contributed by atoms with Crippen LogP contribution in [-0.4, -0.2) is 30.1 Å². The Bertz CT molecular complexity index is 366. The minimum absolute atomic E-state index is 0.105. The number of hydrogen-bond donors (Lipinski definition) is 1. The van der Waals surface area contributed by atoms with Crippen molar-refractivity contribution in [2.75, 3.05) is 13.2 Å². The molecule has 1 saturated heterocycles. The van der Waals surface area contributed by atoms with Gasteiger partial charge in [0.2, 0.25) is 0 Å². The van der Waals surface area contributed by atoms with Crippen LogP contribution in [0.5, 0.6) is 0 Å². The number of carbonyl (C=O) groups is 1. The molecule has 0 radical (unpaired) electrons.